The molecular formula is C18H16FNO4S. The number of nitriles is 1. The van der Waals surface area contributed by atoms with Gasteiger partial charge in [0.1, 0.15) is 17.3 Å². The van der Waals surface area contributed by atoms with Gasteiger partial charge in [-0.1, -0.05) is 6.92 Å². The van der Waals surface area contributed by atoms with Crippen LogP contribution in [0.15, 0.2) is 35.2 Å². The number of aliphatic hydroxyl groups is 1. The first kappa shape index (κ1) is 17.4. The molecule has 0 aliphatic heterocycles. The van der Waals surface area contributed by atoms with Gasteiger partial charge < -0.3 is 9.84 Å². The molecule has 2 aromatic rings. The molecule has 3 rings (SSSR count). The number of hydrogen-bond donors (Lipinski definition) is 1. The molecule has 0 fully saturated rings. The molecule has 0 radical (unpaired) electrons. The first-order chi connectivity index (χ1) is 11.7. The summed E-state index contributed by atoms with van der Waals surface area (Å²) in [7, 11) is -3.51. The Morgan fingerprint density at radius 1 is 1.32 bits per heavy atom. The van der Waals surface area contributed by atoms with Crippen molar-refractivity contribution in [3.63, 3.8) is 0 Å². The molecule has 5 nitrogen and oxygen atoms in total. The summed E-state index contributed by atoms with van der Waals surface area (Å²) in [6.07, 6.45) is 0.616. The molecule has 0 aromatic heterocycles. The molecular weight excluding hydrogens is 345 g/mol. The highest BCUT2D eigenvalue weighted by atomic mass is 32.2. The van der Waals surface area contributed by atoms with E-state index in [0.717, 1.165) is 18.4 Å². The van der Waals surface area contributed by atoms with Crippen LogP contribution in [-0.2, 0) is 16.3 Å². The van der Waals surface area contributed by atoms with Crippen molar-refractivity contribution in [2.24, 2.45) is 5.92 Å². The Morgan fingerprint density at radius 2 is 2.04 bits per heavy atom. The standard InChI is InChI=1S/C18H16FNO4S/c1-10-5-14-15(24-13-7-11(9-20)6-12(19)8-13)3-4-16(25(2,22)23)17(14)18(10)21/h3-4,6-8,10,18,21H,5H2,1-2H3/t10-,18-/m1/s1. The second kappa shape index (κ2) is 6.14. The van der Waals surface area contributed by atoms with Crippen molar-refractivity contribution in [1.82, 2.24) is 0 Å². The number of ether oxygens (including phenoxy) is 1. The van der Waals surface area contributed by atoms with Crippen molar-refractivity contribution in [1.29, 1.82) is 5.26 Å². The summed E-state index contributed by atoms with van der Waals surface area (Å²) in [6.45, 7) is 1.82. The Bertz CT molecular complexity index is 995. The lowest BCUT2D eigenvalue weighted by atomic mass is 10.1. The third kappa shape index (κ3) is 3.23. The zero-order chi connectivity index (χ0) is 18.4. The minimum absolute atomic E-state index is 0.0728. The SMILES string of the molecule is C[C@@H]1Cc2c(Oc3cc(F)cc(C#N)c3)ccc(S(C)(=O)=O)c2[C@@H]1O. The summed E-state index contributed by atoms with van der Waals surface area (Å²) in [4.78, 5) is 0.0728. The van der Waals surface area contributed by atoms with E-state index in [1.807, 2.05) is 13.0 Å². The fourth-order valence-electron chi connectivity index (χ4n) is 3.11. The summed E-state index contributed by atoms with van der Waals surface area (Å²) < 4.78 is 43.3. The molecule has 7 heteroatoms. The minimum Gasteiger partial charge on any atom is -0.457 e. The van der Waals surface area contributed by atoms with Gasteiger partial charge in [0.25, 0.3) is 0 Å². The number of aliphatic hydroxyl groups excluding tert-OH is 1. The van der Waals surface area contributed by atoms with Crippen LogP contribution in [0.2, 0.25) is 0 Å². The van der Waals surface area contributed by atoms with Gasteiger partial charge >= 0.3 is 0 Å². The summed E-state index contributed by atoms with van der Waals surface area (Å²) in [5, 5.41) is 19.3. The molecule has 2 atom stereocenters. The highest BCUT2D eigenvalue weighted by Gasteiger charge is 2.35. The topological polar surface area (TPSA) is 87.4 Å². The third-order valence-electron chi connectivity index (χ3n) is 4.26. The van der Waals surface area contributed by atoms with Gasteiger partial charge in [-0.3, -0.25) is 0 Å². The smallest absolute Gasteiger partial charge is 0.175 e. The number of sulfone groups is 1. The van der Waals surface area contributed by atoms with Crippen LogP contribution in [0, 0.1) is 23.1 Å². The molecule has 0 amide bonds. The zero-order valence-corrected chi connectivity index (χ0v) is 14.5. The van der Waals surface area contributed by atoms with Crippen LogP contribution in [0.3, 0.4) is 0 Å². The molecule has 0 bridgehead atoms. The van der Waals surface area contributed by atoms with Crippen LogP contribution < -0.4 is 4.74 Å². The molecule has 130 valence electrons. The van der Waals surface area contributed by atoms with Gasteiger partial charge in [-0.15, -0.1) is 0 Å². The first-order valence-corrected chi connectivity index (χ1v) is 9.52. The van der Waals surface area contributed by atoms with E-state index < -0.39 is 21.8 Å². The molecule has 2 aromatic carbocycles. The van der Waals surface area contributed by atoms with E-state index >= 15 is 0 Å². The quantitative estimate of drug-likeness (QED) is 0.907. The predicted octanol–water partition coefficient (Wildman–Crippen LogP) is 3.12. The molecule has 0 spiro atoms. The molecule has 25 heavy (non-hydrogen) atoms. The lowest BCUT2D eigenvalue weighted by Crippen LogP contribution is -2.08. The lowest BCUT2D eigenvalue weighted by Gasteiger charge is -2.15. The van der Waals surface area contributed by atoms with Crippen LogP contribution in [0.5, 0.6) is 11.5 Å². The number of halogens is 1. The second-order valence-corrected chi connectivity index (χ2v) is 8.23. The van der Waals surface area contributed by atoms with E-state index in [1.54, 1.807) is 0 Å². The maximum absolute atomic E-state index is 13.6. The van der Waals surface area contributed by atoms with Gasteiger partial charge in [0.15, 0.2) is 9.84 Å². The highest BCUT2D eigenvalue weighted by Crippen LogP contribution is 2.45. The van der Waals surface area contributed by atoms with Crippen LogP contribution >= 0.6 is 0 Å². The maximum Gasteiger partial charge on any atom is 0.175 e. The Balaban J connectivity index is 2.11. The largest absolute Gasteiger partial charge is 0.457 e. The van der Waals surface area contributed by atoms with E-state index in [-0.39, 0.29) is 22.1 Å². The van der Waals surface area contributed by atoms with Gasteiger partial charge in [-0.25, -0.2) is 12.8 Å². The van der Waals surface area contributed by atoms with Gasteiger partial charge in [0.2, 0.25) is 0 Å². The summed E-state index contributed by atoms with van der Waals surface area (Å²) in [5.41, 5.74) is 1.04. The Kier molecular flexibility index (Phi) is 4.27. The van der Waals surface area contributed by atoms with E-state index in [9.17, 15) is 17.9 Å². The monoisotopic (exact) mass is 361 g/mol. The van der Waals surface area contributed by atoms with Gasteiger partial charge in [-0.05, 0) is 36.6 Å². The lowest BCUT2D eigenvalue weighted by molar-refractivity contribution is 0.130. The van der Waals surface area contributed by atoms with Gasteiger partial charge in [-0.2, -0.15) is 5.26 Å². The third-order valence-corrected chi connectivity index (χ3v) is 5.42. The Labute approximate surface area is 145 Å². The molecule has 1 aliphatic carbocycles. The number of fused-ring (bicyclic) bond motifs is 1. The van der Waals surface area contributed by atoms with Crippen LogP contribution in [-0.4, -0.2) is 19.8 Å². The molecule has 0 heterocycles. The van der Waals surface area contributed by atoms with Crippen LogP contribution in [0.4, 0.5) is 4.39 Å². The van der Waals surface area contributed by atoms with Gasteiger partial charge in [0, 0.05) is 23.4 Å². The molecule has 1 aliphatic rings. The molecule has 0 saturated heterocycles. The Hall–Kier alpha value is -2.43. The maximum atomic E-state index is 13.6. The number of hydrogen-bond acceptors (Lipinski definition) is 5. The van der Waals surface area contributed by atoms with E-state index in [4.69, 9.17) is 10.00 Å². The average Bonchev–Trinajstić information content (AvgIpc) is 2.82. The van der Waals surface area contributed by atoms with Crippen molar-refractivity contribution in [2.45, 2.75) is 24.3 Å². The minimum atomic E-state index is -3.51. The number of rotatable bonds is 3. The fourth-order valence-corrected chi connectivity index (χ4v) is 4.07. The van der Waals surface area contributed by atoms with Crippen molar-refractivity contribution in [2.75, 3.05) is 6.26 Å². The predicted molar refractivity (Wildman–Crippen MR) is 88.6 cm³/mol. The summed E-state index contributed by atoms with van der Waals surface area (Å²) in [5.74, 6) is -0.283. The average molecular weight is 361 g/mol. The van der Waals surface area contributed by atoms with Crippen molar-refractivity contribution < 1.29 is 22.7 Å². The first-order valence-electron chi connectivity index (χ1n) is 7.63. The second-order valence-electron chi connectivity index (χ2n) is 6.24. The molecule has 1 N–H and O–H groups in total. The van der Waals surface area contributed by atoms with Crippen LogP contribution in [0.1, 0.15) is 29.7 Å². The number of benzene rings is 2. The van der Waals surface area contributed by atoms with E-state index in [0.29, 0.717) is 23.3 Å². The van der Waals surface area contributed by atoms with Crippen molar-refractivity contribution in [3.8, 4) is 17.6 Å². The van der Waals surface area contributed by atoms with E-state index in [1.165, 1.54) is 18.2 Å². The normalized spacial score (nSPS) is 19.3. The van der Waals surface area contributed by atoms with Crippen molar-refractivity contribution >= 4 is 9.84 Å². The summed E-state index contributed by atoms with van der Waals surface area (Å²) >= 11 is 0. The molecule has 0 unspecified atom stereocenters. The van der Waals surface area contributed by atoms with Gasteiger partial charge in [0.05, 0.1) is 22.6 Å². The highest BCUT2D eigenvalue weighted by molar-refractivity contribution is 7.90. The Morgan fingerprint density at radius 3 is 2.68 bits per heavy atom. The number of nitrogens with zero attached hydrogens (tertiary/aromatic N) is 1. The fraction of sp³-hybridized carbons (Fsp3) is 0.278. The van der Waals surface area contributed by atoms with Crippen LogP contribution in [0.25, 0.3) is 0 Å². The molecule has 0 saturated carbocycles. The zero-order valence-electron chi connectivity index (χ0n) is 13.7. The van der Waals surface area contributed by atoms with E-state index in [2.05, 4.69) is 0 Å². The summed E-state index contributed by atoms with van der Waals surface area (Å²) in [6, 6.07) is 8.37. The van der Waals surface area contributed by atoms with Crippen molar-refractivity contribution in [3.05, 3.63) is 52.8 Å².